The summed E-state index contributed by atoms with van der Waals surface area (Å²) < 4.78 is 0.924. The van der Waals surface area contributed by atoms with E-state index in [0.29, 0.717) is 0 Å². The highest BCUT2D eigenvalue weighted by Crippen LogP contribution is 2.30. The number of carbonyl (C=O) groups excluding carboxylic acids is 2. The van der Waals surface area contributed by atoms with Crippen LogP contribution in [-0.2, 0) is 9.59 Å². The zero-order valence-electron chi connectivity index (χ0n) is 10.9. The van der Waals surface area contributed by atoms with Crippen LogP contribution in [0.5, 0.6) is 0 Å². The molecule has 0 bridgehead atoms. The average molecular weight is 326 g/mol. The third-order valence-corrected chi connectivity index (χ3v) is 3.67. The SMILES string of the molecule is CNC(C)c1ccc(Br)cc1N1CC(=O)NC(=O)C1. The van der Waals surface area contributed by atoms with Gasteiger partial charge in [0.05, 0.1) is 13.1 Å². The molecule has 1 aliphatic heterocycles. The fourth-order valence-electron chi connectivity index (χ4n) is 2.12. The summed E-state index contributed by atoms with van der Waals surface area (Å²) in [5.41, 5.74) is 1.97. The molecule has 19 heavy (non-hydrogen) atoms. The Bertz CT molecular complexity index is 503. The molecule has 1 saturated heterocycles. The number of anilines is 1. The molecule has 1 unspecified atom stereocenters. The van der Waals surface area contributed by atoms with Crippen LogP contribution in [0.4, 0.5) is 5.69 Å². The van der Waals surface area contributed by atoms with Gasteiger partial charge in [0.25, 0.3) is 0 Å². The second-order valence-electron chi connectivity index (χ2n) is 4.54. The van der Waals surface area contributed by atoms with E-state index < -0.39 is 0 Å². The van der Waals surface area contributed by atoms with Crippen molar-refractivity contribution >= 4 is 33.4 Å². The Kier molecular flexibility index (Phi) is 4.21. The number of amides is 2. The lowest BCUT2D eigenvalue weighted by atomic mass is 10.0. The highest BCUT2D eigenvalue weighted by atomic mass is 79.9. The molecule has 1 aromatic rings. The van der Waals surface area contributed by atoms with Crippen molar-refractivity contribution < 1.29 is 9.59 Å². The predicted octanol–water partition coefficient (Wildman–Crippen LogP) is 1.19. The molecule has 0 aromatic heterocycles. The zero-order valence-corrected chi connectivity index (χ0v) is 12.5. The third-order valence-electron chi connectivity index (χ3n) is 3.18. The molecule has 5 nitrogen and oxygen atoms in total. The number of hydrogen-bond donors (Lipinski definition) is 2. The van der Waals surface area contributed by atoms with Crippen LogP contribution in [0, 0.1) is 0 Å². The summed E-state index contributed by atoms with van der Waals surface area (Å²) in [7, 11) is 1.88. The van der Waals surface area contributed by atoms with Gasteiger partial charge in [-0.2, -0.15) is 0 Å². The van der Waals surface area contributed by atoms with Gasteiger partial charge in [-0.3, -0.25) is 14.9 Å². The quantitative estimate of drug-likeness (QED) is 0.820. The van der Waals surface area contributed by atoms with Gasteiger partial charge < -0.3 is 10.2 Å². The molecule has 1 aliphatic rings. The van der Waals surface area contributed by atoms with E-state index in [2.05, 4.69) is 26.6 Å². The topological polar surface area (TPSA) is 61.4 Å². The van der Waals surface area contributed by atoms with Crippen LogP contribution < -0.4 is 15.5 Å². The lowest BCUT2D eigenvalue weighted by Gasteiger charge is -2.30. The van der Waals surface area contributed by atoms with Crippen LogP contribution in [0.25, 0.3) is 0 Å². The van der Waals surface area contributed by atoms with Gasteiger partial charge in [0.15, 0.2) is 0 Å². The number of benzene rings is 1. The maximum absolute atomic E-state index is 11.5. The third kappa shape index (κ3) is 3.13. The average Bonchev–Trinajstić information content (AvgIpc) is 2.36. The van der Waals surface area contributed by atoms with Crippen LogP contribution in [0.15, 0.2) is 22.7 Å². The number of halogens is 1. The molecule has 2 amide bonds. The summed E-state index contributed by atoms with van der Waals surface area (Å²) in [6.07, 6.45) is 0. The monoisotopic (exact) mass is 325 g/mol. The van der Waals surface area contributed by atoms with E-state index in [4.69, 9.17) is 0 Å². The van der Waals surface area contributed by atoms with Crippen molar-refractivity contribution in [1.29, 1.82) is 0 Å². The van der Waals surface area contributed by atoms with Crippen LogP contribution >= 0.6 is 15.9 Å². The van der Waals surface area contributed by atoms with Crippen molar-refractivity contribution in [3.8, 4) is 0 Å². The fourth-order valence-corrected chi connectivity index (χ4v) is 2.47. The standard InChI is InChI=1S/C13H16BrN3O2/c1-8(15-2)10-4-3-9(14)5-11(10)17-6-12(18)16-13(19)7-17/h3-5,8,15H,6-7H2,1-2H3,(H,16,18,19). The number of carbonyl (C=O) groups is 2. The molecule has 1 heterocycles. The van der Waals surface area contributed by atoms with Crippen molar-refractivity contribution in [2.75, 3.05) is 25.0 Å². The molecule has 0 saturated carbocycles. The maximum atomic E-state index is 11.5. The second-order valence-corrected chi connectivity index (χ2v) is 5.46. The molecular formula is C13H16BrN3O2. The Hall–Kier alpha value is -1.40. The van der Waals surface area contributed by atoms with Crippen molar-refractivity contribution in [3.63, 3.8) is 0 Å². The number of nitrogens with one attached hydrogen (secondary N) is 2. The summed E-state index contributed by atoms with van der Waals surface area (Å²) in [4.78, 5) is 24.8. The number of imide groups is 1. The highest BCUT2D eigenvalue weighted by molar-refractivity contribution is 9.10. The molecule has 0 aliphatic carbocycles. The summed E-state index contributed by atoms with van der Waals surface area (Å²) in [6, 6.07) is 6.04. The first-order chi connectivity index (χ1) is 9.01. The summed E-state index contributed by atoms with van der Waals surface area (Å²) in [5, 5.41) is 5.48. The van der Waals surface area contributed by atoms with Gasteiger partial charge in [0.2, 0.25) is 11.8 Å². The van der Waals surface area contributed by atoms with E-state index in [1.807, 2.05) is 32.2 Å². The number of hydrogen-bond acceptors (Lipinski definition) is 4. The number of nitrogens with zero attached hydrogens (tertiary/aromatic N) is 1. The van der Waals surface area contributed by atoms with Crippen LogP contribution in [-0.4, -0.2) is 32.0 Å². The van der Waals surface area contributed by atoms with Gasteiger partial charge >= 0.3 is 0 Å². The maximum Gasteiger partial charge on any atom is 0.246 e. The molecule has 1 atom stereocenters. The van der Waals surface area contributed by atoms with E-state index in [9.17, 15) is 9.59 Å². The first-order valence-corrected chi connectivity index (χ1v) is 6.85. The predicted molar refractivity (Wildman–Crippen MR) is 77.0 cm³/mol. The van der Waals surface area contributed by atoms with Crippen LogP contribution in [0.3, 0.4) is 0 Å². The van der Waals surface area contributed by atoms with Gasteiger partial charge in [0.1, 0.15) is 0 Å². The minimum absolute atomic E-state index is 0.142. The van der Waals surface area contributed by atoms with Gasteiger partial charge in [-0.15, -0.1) is 0 Å². The van der Waals surface area contributed by atoms with E-state index in [0.717, 1.165) is 15.7 Å². The van der Waals surface area contributed by atoms with Gasteiger partial charge in [-0.05, 0) is 31.7 Å². The zero-order chi connectivity index (χ0) is 14.0. The lowest BCUT2D eigenvalue weighted by molar-refractivity contribution is -0.130. The first kappa shape index (κ1) is 14.0. The smallest absolute Gasteiger partial charge is 0.246 e. The van der Waals surface area contributed by atoms with Gasteiger partial charge in [-0.1, -0.05) is 22.0 Å². The largest absolute Gasteiger partial charge is 0.353 e. The van der Waals surface area contributed by atoms with Crippen LogP contribution in [0.2, 0.25) is 0 Å². The first-order valence-electron chi connectivity index (χ1n) is 6.05. The molecule has 0 spiro atoms. The number of rotatable bonds is 3. The molecule has 1 aromatic carbocycles. The summed E-state index contributed by atoms with van der Waals surface area (Å²) >= 11 is 3.43. The minimum atomic E-state index is -0.265. The lowest BCUT2D eigenvalue weighted by Crippen LogP contribution is -2.51. The van der Waals surface area contributed by atoms with Crippen molar-refractivity contribution in [2.45, 2.75) is 13.0 Å². The molecule has 102 valence electrons. The van der Waals surface area contributed by atoms with Crippen molar-refractivity contribution in [1.82, 2.24) is 10.6 Å². The summed E-state index contributed by atoms with van der Waals surface area (Å²) in [5.74, 6) is -0.529. The number of piperazine rings is 1. The van der Waals surface area contributed by atoms with Gasteiger partial charge in [0, 0.05) is 16.2 Å². The molecular weight excluding hydrogens is 310 g/mol. The van der Waals surface area contributed by atoms with E-state index in [1.54, 1.807) is 4.90 Å². The fraction of sp³-hybridized carbons (Fsp3) is 0.385. The van der Waals surface area contributed by atoms with E-state index in [1.165, 1.54) is 0 Å². The molecule has 0 radical (unpaired) electrons. The Balaban J connectivity index is 2.39. The molecule has 2 rings (SSSR count). The normalized spacial score (nSPS) is 17.3. The minimum Gasteiger partial charge on any atom is -0.353 e. The molecule has 1 fully saturated rings. The molecule has 2 N–H and O–H groups in total. The second kappa shape index (κ2) is 5.71. The van der Waals surface area contributed by atoms with Gasteiger partial charge in [-0.25, -0.2) is 0 Å². The Morgan fingerprint density at radius 3 is 2.53 bits per heavy atom. The van der Waals surface area contributed by atoms with Crippen molar-refractivity contribution in [3.05, 3.63) is 28.2 Å². The Morgan fingerprint density at radius 2 is 1.95 bits per heavy atom. The van der Waals surface area contributed by atoms with E-state index >= 15 is 0 Å². The highest BCUT2D eigenvalue weighted by Gasteiger charge is 2.25. The summed E-state index contributed by atoms with van der Waals surface area (Å²) in [6.45, 7) is 2.44. The molecule has 6 heteroatoms. The van der Waals surface area contributed by atoms with E-state index in [-0.39, 0.29) is 30.9 Å². The Morgan fingerprint density at radius 1 is 1.32 bits per heavy atom. The van der Waals surface area contributed by atoms with Crippen LogP contribution in [0.1, 0.15) is 18.5 Å². The van der Waals surface area contributed by atoms with Crippen molar-refractivity contribution in [2.24, 2.45) is 0 Å². The Labute approximate surface area is 120 Å².